The molecule has 0 saturated carbocycles. The van der Waals surface area contributed by atoms with E-state index in [0.29, 0.717) is 44.5 Å². The number of nitro groups is 1. The molecule has 70 heavy (non-hydrogen) atoms. The molecule has 4 fully saturated rings. The van der Waals surface area contributed by atoms with E-state index in [2.05, 4.69) is 27.0 Å². The fraction of sp³-hybridized carbons (Fsp3) is 0.820. The summed E-state index contributed by atoms with van der Waals surface area (Å²) < 4.78 is 54.8. The Balaban J connectivity index is 1.23. The highest BCUT2D eigenvalue weighted by molar-refractivity contribution is 7.98. The van der Waals surface area contributed by atoms with Gasteiger partial charge in [-0.1, -0.05) is 45.0 Å². The number of hydrogen-bond acceptors (Lipinski definition) is 17. The molecule has 1 aromatic heterocycles. The van der Waals surface area contributed by atoms with Gasteiger partial charge in [-0.2, -0.15) is 11.8 Å². The number of nitro benzene ring substituents is 1. The van der Waals surface area contributed by atoms with Crippen LogP contribution in [0.3, 0.4) is 0 Å². The normalized spacial score (nSPS) is 39.2. The zero-order valence-electron chi connectivity index (χ0n) is 43.3. The molecule has 0 aliphatic carbocycles. The van der Waals surface area contributed by atoms with Gasteiger partial charge in [0.05, 0.1) is 70.6 Å². The predicted molar refractivity (Wildman–Crippen MR) is 262 cm³/mol. The minimum absolute atomic E-state index is 0.0136. The van der Waals surface area contributed by atoms with Crippen molar-refractivity contribution in [2.45, 2.75) is 184 Å². The summed E-state index contributed by atoms with van der Waals surface area (Å²) in [6, 6.07) is 5.16. The number of halogens is 1. The number of esters is 1. The number of carbonyl (C=O) groups is 1. The van der Waals surface area contributed by atoms with Gasteiger partial charge in [0.2, 0.25) is 0 Å². The van der Waals surface area contributed by atoms with Crippen LogP contribution in [0.4, 0.5) is 10.1 Å². The van der Waals surface area contributed by atoms with Crippen LogP contribution in [-0.2, 0) is 39.6 Å². The number of carbonyl (C=O) groups excluding carboxylic acids is 1. The zero-order valence-corrected chi connectivity index (χ0v) is 44.1. The summed E-state index contributed by atoms with van der Waals surface area (Å²) in [7, 11) is 5.54. The average molecular weight is 1010 g/mol. The highest BCUT2D eigenvalue weighted by Crippen LogP contribution is 2.45. The third kappa shape index (κ3) is 12.5. The van der Waals surface area contributed by atoms with Gasteiger partial charge < -0.3 is 53.5 Å². The van der Waals surface area contributed by atoms with Crippen LogP contribution < -0.4 is 0 Å². The minimum atomic E-state index is -1.05. The molecule has 4 aliphatic heterocycles. The lowest BCUT2D eigenvalue weighted by Crippen LogP contribution is -2.60. The van der Waals surface area contributed by atoms with E-state index in [9.17, 15) is 34.6 Å². The van der Waals surface area contributed by atoms with E-state index < -0.39 is 102 Å². The van der Waals surface area contributed by atoms with Crippen LogP contribution in [0.5, 0.6) is 0 Å². The van der Waals surface area contributed by atoms with Crippen LogP contribution in [0.2, 0.25) is 0 Å². The Bertz CT molecular complexity index is 2000. The number of aromatic nitrogens is 3. The number of cyclic esters (lactones) is 1. The van der Waals surface area contributed by atoms with Gasteiger partial charge in [-0.05, 0) is 84.7 Å². The largest absolute Gasteiger partial charge is 0.459 e. The number of methoxy groups -OCH3 is 1. The first-order valence-electron chi connectivity index (χ1n) is 25.2. The maximum absolute atomic E-state index is 14.7. The number of thioether (sulfide) groups is 1. The number of alkyl halides is 1. The second-order valence-corrected chi connectivity index (χ2v) is 22.1. The molecule has 396 valence electrons. The van der Waals surface area contributed by atoms with Crippen LogP contribution in [-0.4, -0.2) is 183 Å². The molecule has 5 heterocycles. The fourth-order valence-electron chi connectivity index (χ4n) is 11.6. The SMILES string of the molecule is CC[C@H]1OC(=O)[C@H](C)C([C@H]2C[C@@](C)(OC)[C@@H](O)[C@H](C)O2)[C@H](C)[C@@H](O[C@H]2C[C@@H](N(C)CCc3cn([C@H](CF)[C@H](SC)c4ccc([N+](=O)[O-])cc4)nn3)C[C@@H](C)O2)[C@H](O)C[C@@H](C)CN(C)[C@H](C)[C@@H](O)[C@@]12CO2. The highest BCUT2D eigenvalue weighted by atomic mass is 32.2. The molecule has 1 spiro atoms. The predicted octanol–water partition coefficient (Wildman–Crippen LogP) is 5.56. The van der Waals surface area contributed by atoms with Crippen molar-refractivity contribution in [1.29, 1.82) is 0 Å². The molecule has 0 bridgehead atoms. The molecule has 6 rings (SSSR count). The number of likely N-dealkylation sites (N-methyl/N-ethyl adjacent to an activating group) is 2. The van der Waals surface area contributed by atoms with Crippen LogP contribution in [0.25, 0.3) is 0 Å². The molecule has 2 aromatic rings. The lowest BCUT2D eigenvalue weighted by molar-refractivity contribution is -0.384. The molecule has 1 unspecified atom stereocenters. The summed E-state index contributed by atoms with van der Waals surface area (Å²) in [5, 5.41) is 55.2. The summed E-state index contributed by atoms with van der Waals surface area (Å²) in [5.41, 5.74) is -0.628. The Kier molecular flexibility index (Phi) is 19.3. The van der Waals surface area contributed by atoms with Gasteiger partial charge >= 0.3 is 5.97 Å². The monoisotopic (exact) mass is 1010 g/mol. The number of epoxide rings is 1. The second-order valence-electron chi connectivity index (χ2n) is 21.1. The lowest BCUT2D eigenvalue weighted by Gasteiger charge is -2.50. The van der Waals surface area contributed by atoms with Crippen molar-refractivity contribution in [2.75, 3.05) is 53.8 Å². The first-order valence-corrected chi connectivity index (χ1v) is 26.4. The molecule has 18 nitrogen and oxygen atoms in total. The standard InChI is InChI=1S/C50H81FN6O12S/c1-13-41-50(27-65-50)46(59)32(6)55(10)25-28(2)20-39(58)44(30(4)43(31(5)48(61)68-41)40-23-49(8,64-11)47(60)33(7)67-40)69-42-22-37(21-29(3)66-42)54(9)19-18-35-26-56(53-52-35)38(24-51)45(70-12)34-14-16-36(17-15-34)57(62)63/h14-17,26,28-33,37-47,58-60H,13,18-25,27H2,1-12H3/t28-,29-,30+,31-,32-,33+,37+,38-,39-,40-,41-,42+,43?,44-,45-,46-,47+,49-,50-/m1/s1. The van der Waals surface area contributed by atoms with E-state index in [-0.39, 0.29) is 48.1 Å². The van der Waals surface area contributed by atoms with Crippen LogP contribution in [0, 0.1) is 33.8 Å². The number of benzene rings is 1. The number of aliphatic hydroxyl groups excluding tert-OH is 3. The highest BCUT2D eigenvalue weighted by Gasteiger charge is 2.61. The van der Waals surface area contributed by atoms with Crippen molar-refractivity contribution < 1.29 is 57.8 Å². The van der Waals surface area contributed by atoms with Crippen molar-refractivity contribution in [1.82, 2.24) is 24.8 Å². The van der Waals surface area contributed by atoms with E-state index in [1.165, 1.54) is 23.9 Å². The Morgan fingerprint density at radius 2 is 1.76 bits per heavy atom. The van der Waals surface area contributed by atoms with Crippen molar-refractivity contribution >= 4 is 23.4 Å². The zero-order chi connectivity index (χ0) is 51.4. The van der Waals surface area contributed by atoms with E-state index in [1.54, 1.807) is 37.0 Å². The summed E-state index contributed by atoms with van der Waals surface area (Å²) >= 11 is 1.44. The van der Waals surface area contributed by atoms with Crippen molar-refractivity contribution in [2.24, 2.45) is 23.7 Å². The molecular formula is C50H81FN6O12S. The molecule has 1 aromatic carbocycles. The number of hydrogen-bond donors (Lipinski definition) is 3. The van der Waals surface area contributed by atoms with E-state index in [0.717, 1.165) is 12.0 Å². The number of nitrogens with zero attached hydrogens (tertiary/aromatic N) is 6. The van der Waals surface area contributed by atoms with Crippen LogP contribution in [0.1, 0.15) is 110 Å². The Morgan fingerprint density at radius 1 is 1.07 bits per heavy atom. The molecular weight excluding hydrogens is 928 g/mol. The van der Waals surface area contributed by atoms with Crippen LogP contribution >= 0.6 is 11.8 Å². The summed E-state index contributed by atoms with van der Waals surface area (Å²) in [6.07, 6.45) is -0.200. The van der Waals surface area contributed by atoms with Gasteiger partial charge in [0.1, 0.15) is 25.0 Å². The Morgan fingerprint density at radius 3 is 2.36 bits per heavy atom. The maximum Gasteiger partial charge on any atom is 0.309 e. The maximum atomic E-state index is 14.7. The topological polar surface area (TPSA) is 217 Å². The van der Waals surface area contributed by atoms with E-state index in [4.69, 9.17) is 28.4 Å². The van der Waals surface area contributed by atoms with E-state index in [1.807, 2.05) is 61.9 Å². The first kappa shape index (κ1) is 56.4. The summed E-state index contributed by atoms with van der Waals surface area (Å²) in [4.78, 5) is 29.7. The molecule has 20 heteroatoms. The summed E-state index contributed by atoms with van der Waals surface area (Å²) in [5.74, 6) is -2.43. The molecule has 3 N–H and O–H groups in total. The van der Waals surface area contributed by atoms with Gasteiger partial charge in [0.25, 0.3) is 5.69 Å². The van der Waals surface area contributed by atoms with Gasteiger partial charge in [-0.25, -0.2) is 9.07 Å². The number of rotatable bonds is 15. The van der Waals surface area contributed by atoms with Gasteiger partial charge in [0, 0.05) is 75.8 Å². The first-order chi connectivity index (χ1) is 33.1. The second kappa shape index (κ2) is 24.0. The average Bonchev–Trinajstić information content (AvgIpc) is 4.01. The van der Waals surface area contributed by atoms with Crippen molar-refractivity contribution in [3.63, 3.8) is 0 Å². The molecule has 0 amide bonds. The number of ether oxygens (including phenoxy) is 6. The Hall–Kier alpha value is -2.89. The van der Waals surface area contributed by atoms with Gasteiger partial charge in [-0.15, -0.1) is 5.10 Å². The molecule has 4 saturated heterocycles. The molecule has 4 aliphatic rings. The Labute approximate surface area is 417 Å². The third-order valence-corrected chi connectivity index (χ3v) is 17.3. The van der Waals surface area contributed by atoms with Crippen molar-refractivity contribution in [3.05, 3.63) is 51.8 Å². The minimum Gasteiger partial charge on any atom is -0.459 e. The molecule has 19 atom stereocenters. The van der Waals surface area contributed by atoms with E-state index >= 15 is 0 Å². The quantitative estimate of drug-likeness (QED) is 0.0862. The third-order valence-electron chi connectivity index (χ3n) is 16.2. The van der Waals surface area contributed by atoms with Gasteiger partial charge in [0.15, 0.2) is 11.9 Å². The van der Waals surface area contributed by atoms with Gasteiger partial charge in [-0.3, -0.25) is 14.9 Å². The fourth-order valence-corrected chi connectivity index (χ4v) is 12.5. The number of aliphatic hydroxyl groups is 3. The number of non-ortho nitro benzene ring substituents is 1. The lowest BCUT2D eigenvalue weighted by atomic mass is 9.70. The summed E-state index contributed by atoms with van der Waals surface area (Å²) in [6.45, 7) is 16.1. The van der Waals surface area contributed by atoms with Crippen molar-refractivity contribution in [3.8, 4) is 0 Å². The smallest absolute Gasteiger partial charge is 0.309 e. The molecule has 0 radical (unpaired) electrons. The van der Waals surface area contributed by atoms with Crippen LogP contribution in [0.15, 0.2) is 30.5 Å².